The minimum Gasteiger partial charge on any atom is -0.480 e. The summed E-state index contributed by atoms with van der Waals surface area (Å²) in [5, 5.41) is 12.5. The van der Waals surface area contributed by atoms with Gasteiger partial charge >= 0.3 is 5.97 Å². The standard InChI is InChI=1S/C25H29N3O3/c1-2-3-4-11-16-21(25(30)31)28-17-22(26-18-28)27-24(29)23(19-12-7-5-8-13-19)20-14-9-6-10-15-20/h5-10,12-15,17-18,21,23H,2-4,11,16H2,1H3,(H,27,29)(H,30,31). The van der Waals surface area contributed by atoms with E-state index in [9.17, 15) is 14.7 Å². The summed E-state index contributed by atoms with van der Waals surface area (Å²) in [6, 6.07) is 18.5. The molecule has 0 aliphatic heterocycles. The zero-order chi connectivity index (χ0) is 22.1. The average Bonchev–Trinajstić information content (AvgIpc) is 3.23. The van der Waals surface area contributed by atoms with Crippen molar-refractivity contribution in [1.29, 1.82) is 0 Å². The lowest BCUT2D eigenvalue weighted by molar-refractivity contribution is -0.141. The van der Waals surface area contributed by atoms with Crippen LogP contribution in [0.15, 0.2) is 73.2 Å². The van der Waals surface area contributed by atoms with Crippen LogP contribution in [0.5, 0.6) is 0 Å². The van der Waals surface area contributed by atoms with Gasteiger partial charge in [0.2, 0.25) is 5.91 Å². The number of benzene rings is 2. The third kappa shape index (κ3) is 6.04. The highest BCUT2D eigenvalue weighted by Gasteiger charge is 2.24. The van der Waals surface area contributed by atoms with Crippen molar-refractivity contribution in [2.75, 3.05) is 5.32 Å². The smallest absolute Gasteiger partial charge is 0.326 e. The second-order valence-electron chi connectivity index (χ2n) is 7.65. The van der Waals surface area contributed by atoms with E-state index in [0.29, 0.717) is 12.2 Å². The van der Waals surface area contributed by atoms with Crippen LogP contribution in [-0.4, -0.2) is 26.5 Å². The number of carboxylic acid groups (broad SMARTS) is 1. The number of aromatic nitrogens is 2. The molecule has 1 amide bonds. The number of hydrogen-bond acceptors (Lipinski definition) is 3. The van der Waals surface area contributed by atoms with E-state index >= 15 is 0 Å². The molecule has 6 nitrogen and oxygen atoms in total. The van der Waals surface area contributed by atoms with Crippen LogP contribution in [-0.2, 0) is 9.59 Å². The van der Waals surface area contributed by atoms with E-state index in [1.54, 1.807) is 10.8 Å². The highest BCUT2D eigenvalue weighted by atomic mass is 16.4. The predicted molar refractivity (Wildman–Crippen MR) is 121 cm³/mol. The third-order valence-electron chi connectivity index (χ3n) is 5.36. The summed E-state index contributed by atoms with van der Waals surface area (Å²) in [6.07, 6.45) is 7.66. The number of hydrogen-bond donors (Lipinski definition) is 2. The lowest BCUT2D eigenvalue weighted by Crippen LogP contribution is -2.22. The van der Waals surface area contributed by atoms with Crippen LogP contribution in [0.1, 0.15) is 62.1 Å². The molecule has 0 saturated carbocycles. The summed E-state index contributed by atoms with van der Waals surface area (Å²) < 4.78 is 1.57. The zero-order valence-electron chi connectivity index (χ0n) is 17.8. The number of carbonyl (C=O) groups is 2. The molecule has 1 heterocycles. The van der Waals surface area contributed by atoms with Gasteiger partial charge < -0.3 is 15.0 Å². The van der Waals surface area contributed by atoms with Crippen molar-refractivity contribution >= 4 is 17.7 Å². The fourth-order valence-electron chi connectivity index (χ4n) is 3.72. The largest absolute Gasteiger partial charge is 0.480 e. The van der Waals surface area contributed by atoms with E-state index in [1.807, 2.05) is 60.7 Å². The van der Waals surface area contributed by atoms with Gasteiger partial charge in [0.05, 0.1) is 12.2 Å². The first kappa shape index (κ1) is 22.3. The van der Waals surface area contributed by atoms with Gasteiger partial charge in [-0.25, -0.2) is 9.78 Å². The van der Waals surface area contributed by atoms with Gasteiger partial charge in [0, 0.05) is 6.20 Å². The van der Waals surface area contributed by atoms with E-state index in [4.69, 9.17) is 0 Å². The zero-order valence-corrected chi connectivity index (χ0v) is 17.8. The first-order valence-corrected chi connectivity index (χ1v) is 10.8. The quantitative estimate of drug-likeness (QED) is 0.416. The van der Waals surface area contributed by atoms with Crippen molar-refractivity contribution in [1.82, 2.24) is 9.55 Å². The molecule has 162 valence electrons. The summed E-state index contributed by atoms with van der Waals surface area (Å²) in [7, 11) is 0. The molecule has 0 aliphatic carbocycles. The Bertz CT molecular complexity index is 930. The lowest BCUT2D eigenvalue weighted by Gasteiger charge is -2.17. The van der Waals surface area contributed by atoms with E-state index in [2.05, 4.69) is 17.2 Å². The van der Waals surface area contributed by atoms with Gasteiger partial charge in [0.1, 0.15) is 6.04 Å². The Kier molecular flexibility index (Phi) is 7.98. The molecule has 0 spiro atoms. The molecule has 0 aliphatic rings. The van der Waals surface area contributed by atoms with Crippen LogP contribution >= 0.6 is 0 Å². The van der Waals surface area contributed by atoms with Crippen LogP contribution in [0.3, 0.4) is 0 Å². The molecule has 0 radical (unpaired) electrons. The minimum absolute atomic E-state index is 0.211. The molecule has 0 fully saturated rings. The molecular formula is C25H29N3O3. The van der Waals surface area contributed by atoms with E-state index in [0.717, 1.165) is 36.8 Å². The first-order chi connectivity index (χ1) is 15.1. The van der Waals surface area contributed by atoms with Gasteiger partial charge in [0.15, 0.2) is 5.82 Å². The Hall–Kier alpha value is -3.41. The molecule has 2 aromatic carbocycles. The maximum absolute atomic E-state index is 13.2. The topological polar surface area (TPSA) is 84.2 Å². The predicted octanol–water partition coefficient (Wildman–Crippen LogP) is 5.25. The number of carboxylic acids is 1. The molecule has 0 saturated heterocycles. The molecule has 1 unspecified atom stereocenters. The van der Waals surface area contributed by atoms with Gasteiger partial charge in [-0.2, -0.15) is 0 Å². The normalized spacial score (nSPS) is 11.9. The number of nitrogens with one attached hydrogen (secondary N) is 1. The summed E-state index contributed by atoms with van der Waals surface area (Å²) in [5.74, 6) is -1.24. The monoisotopic (exact) mass is 419 g/mol. The number of nitrogens with zero attached hydrogens (tertiary/aromatic N) is 2. The fraction of sp³-hybridized carbons (Fsp3) is 0.320. The van der Waals surface area contributed by atoms with Gasteiger partial charge in [-0.1, -0.05) is 93.3 Å². The number of unbranched alkanes of at least 4 members (excludes halogenated alkanes) is 3. The van der Waals surface area contributed by atoms with Crippen LogP contribution in [0, 0.1) is 0 Å². The molecule has 2 N–H and O–H groups in total. The molecule has 1 atom stereocenters. The van der Waals surface area contributed by atoms with Crippen molar-refractivity contribution in [2.45, 2.75) is 51.0 Å². The van der Waals surface area contributed by atoms with Gasteiger partial charge in [-0.3, -0.25) is 4.79 Å². The van der Waals surface area contributed by atoms with Crippen molar-refractivity contribution in [3.63, 3.8) is 0 Å². The Morgan fingerprint density at radius 2 is 1.58 bits per heavy atom. The number of anilines is 1. The SMILES string of the molecule is CCCCCCC(C(=O)O)n1cnc(NC(=O)C(c2ccccc2)c2ccccc2)c1. The van der Waals surface area contributed by atoms with Crippen molar-refractivity contribution in [2.24, 2.45) is 0 Å². The van der Waals surface area contributed by atoms with E-state index in [-0.39, 0.29) is 5.91 Å². The Balaban J connectivity index is 1.75. The van der Waals surface area contributed by atoms with Crippen LogP contribution < -0.4 is 5.32 Å². The highest BCUT2D eigenvalue weighted by Crippen LogP contribution is 2.26. The number of rotatable bonds is 11. The van der Waals surface area contributed by atoms with Crippen LogP contribution in [0.4, 0.5) is 5.82 Å². The summed E-state index contributed by atoms with van der Waals surface area (Å²) in [6.45, 7) is 2.12. The maximum Gasteiger partial charge on any atom is 0.326 e. The summed E-state index contributed by atoms with van der Waals surface area (Å²) >= 11 is 0. The van der Waals surface area contributed by atoms with Crippen molar-refractivity contribution < 1.29 is 14.7 Å². The highest BCUT2D eigenvalue weighted by molar-refractivity contribution is 5.97. The molecule has 0 bridgehead atoms. The number of carbonyl (C=O) groups excluding carboxylic acids is 1. The molecular weight excluding hydrogens is 390 g/mol. The average molecular weight is 420 g/mol. The number of imidazole rings is 1. The summed E-state index contributed by atoms with van der Waals surface area (Å²) in [4.78, 5) is 29.2. The van der Waals surface area contributed by atoms with Gasteiger partial charge in [-0.15, -0.1) is 0 Å². The first-order valence-electron chi connectivity index (χ1n) is 10.8. The minimum atomic E-state index is -0.891. The maximum atomic E-state index is 13.2. The van der Waals surface area contributed by atoms with Crippen LogP contribution in [0.2, 0.25) is 0 Å². The van der Waals surface area contributed by atoms with Gasteiger partial charge in [-0.05, 0) is 17.5 Å². The molecule has 3 aromatic rings. The number of aliphatic carboxylic acids is 1. The Morgan fingerprint density at radius 3 is 2.13 bits per heavy atom. The van der Waals surface area contributed by atoms with Crippen molar-refractivity contribution in [3.8, 4) is 0 Å². The molecule has 3 rings (SSSR count). The fourth-order valence-corrected chi connectivity index (χ4v) is 3.72. The van der Waals surface area contributed by atoms with Crippen LogP contribution in [0.25, 0.3) is 0 Å². The van der Waals surface area contributed by atoms with E-state index in [1.165, 1.54) is 6.33 Å². The van der Waals surface area contributed by atoms with Gasteiger partial charge in [0.25, 0.3) is 0 Å². The van der Waals surface area contributed by atoms with E-state index < -0.39 is 17.9 Å². The lowest BCUT2D eigenvalue weighted by atomic mass is 9.90. The number of amides is 1. The van der Waals surface area contributed by atoms with Crippen molar-refractivity contribution in [3.05, 3.63) is 84.3 Å². The second kappa shape index (κ2) is 11.1. The molecule has 31 heavy (non-hydrogen) atoms. The Labute approximate surface area is 183 Å². The Morgan fingerprint density at radius 1 is 0.968 bits per heavy atom. The third-order valence-corrected chi connectivity index (χ3v) is 5.36. The molecule has 6 heteroatoms. The summed E-state index contributed by atoms with van der Waals surface area (Å²) in [5.41, 5.74) is 1.76. The molecule has 1 aromatic heterocycles. The second-order valence-corrected chi connectivity index (χ2v) is 7.65.